The molecule has 2 heterocycles. The van der Waals surface area contributed by atoms with Gasteiger partial charge < -0.3 is 14.6 Å². The molecule has 1 atom stereocenters. The Hall–Kier alpha value is -1.95. The van der Waals surface area contributed by atoms with Crippen LogP contribution in [0.5, 0.6) is 0 Å². The number of oxazole rings is 1. The molecule has 3 rings (SSSR count). The summed E-state index contributed by atoms with van der Waals surface area (Å²) in [6, 6.07) is 10.6. The molecule has 6 heteroatoms. The summed E-state index contributed by atoms with van der Waals surface area (Å²) in [4.78, 5) is 12.5. The highest BCUT2D eigenvalue weighted by Gasteiger charge is 2.25. The lowest BCUT2D eigenvalue weighted by Crippen LogP contribution is -2.39. The van der Waals surface area contributed by atoms with E-state index in [9.17, 15) is 0 Å². The fourth-order valence-corrected chi connectivity index (χ4v) is 4.17. The number of aromatic nitrogens is 1. The normalized spacial score (nSPS) is 18.1. The van der Waals surface area contributed by atoms with Crippen molar-refractivity contribution in [3.8, 4) is 0 Å². The SMILES string of the molecule is CN=C(NCc1ncc(C(C)(C)C)o1)N1CCC(CSc2ccccc2)C1. The minimum absolute atomic E-state index is 0.0223. The van der Waals surface area contributed by atoms with Crippen LogP contribution >= 0.6 is 11.8 Å². The number of thioether (sulfide) groups is 1. The van der Waals surface area contributed by atoms with Gasteiger partial charge in [-0.1, -0.05) is 39.0 Å². The van der Waals surface area contributed by atoms with Crippen molar-refractivity contribution in [3.63, 3.8) is 0 Å². The molecule has 5 nitrogen and oxygen atoms in total. The summed E-state index contributed by atoms with van der Waals surface area (Å²) < 4.78 is 5.86. The molecule has 0 aliphatic carbocycles. The monoisotopic (exact) mass is 386 g/mol. The number of benzene rings is 1. The van der Waals surface area contributed by atoms with Crippen molar-refractivity contribution in [1.29, 1.82) is 0 Å². The Morgan fingerprint density at radius 2 is 2.11 bits per heavy atom. The van der Waals surface area contributed by atoms with Gasteiger partial charge in [0.25, 0.3) is 0 Å². The Balaban J connectivity index is 1.47. The summed E-state index contributed by atoms with van der Waals surface area (Å²) in [5, 5.41) is 3.40. The first-order chi connectivity index (χ1) is 13.0. The van der Waals surface area contributed by atoms with E-state index in [0.29, 0.717) is 18.4 Å². The number of hydrogen-bond donors (Lipinski definition) is 1. The zero-order valence-corrected chi connectivity index (χ0v) is 17.6. The number of nitrogens with one attached hydrogen (secondary N) is 1. The van der Waals surface area contributed by atoms with E-state index < -0.39 is 0 Å². The van der Waals surface area contributed by atoms with E-state index in [1.165, 1.54) is 11.3 Å². The van der Waals surface area contributed by atoms with E-state index in [-0.39, 0.29) is 5.41 Å². The molecule has 1 aliphatic rings. The molecule has 0 saturated carbocycles. The van der Waals surface area contributed by atoms with Crippen LogP contribution in [0.25, 0.3) is 0 Å². The average Bonchev–Trinajstić information content (AvgIpc) is 3.31. The maximum atomic E-state index is 5.86. The summed E-state index contributed by atoms with van der Waals surface area (Å²) in [6.45, 7) is 9.02. The molecule has 146 valence electrons. The Labute approximate surface area is 166 Å². The van der Waals surface area contributed by atoms with Gasteiger partial charge in [0.2, 0.25) is 5.89 Å². The smallest absolute Gasteiger partial charge is 0.213 e. The van der Waals surface area contributed by atoms with Gasteiger partial charge >= 0.3 is 0 Å². The zero-order chi connectivity index (χ0) is 19.3. The van der Waals surface area contributed by atoms with Gasteiger partial charge in [-0.2, -0.15) is 0 Å². The second kappa shape index (κ2) is 8.83. The number of likely N-dealkylation sites (tertiary alicyclic amines) is 1. The van der Waals surface area contributed by atoms with Crippen LogP contribution in [0.4, 0.5) is 0 Å². The fraction of sp³-hybridized carbons (Fsp3) is 0.524. The fourth-order valence-electron chi connectivity index (χ4n) is 3.12. The highest BCUT2D eigenvalue weighted by molar-refractivity contribution is 7.99. The average molecular weight is 387 g/mol. The van der Waals surface area contributed by atoms with E-state index in [1.54, 1.807) is 0 Å². The lowest BCUT2D eigenvalue weighted by atomic mass is 9.94. The van der Waals surface area contributed by atoms with Crippen molar-refractivity contribution >= 4 is 17.7 Å². The molecule has 0 spiro atoms. The van der Waals surface area contributed by atoms with Gasteiger partial charge in [0, 0.05) is 36.2 Å². The highest BCUT2D eigenvalue weighted by atomic mass is 32.2. The molecule has 1 unspecified atom stereocenters. The summed E-state index contributed by atoms with van der Waals surface area (Å²) in [5.74, 6) is 4.37. The van der Waals surface area contributed by atoms with Crippen LogP contribution in [-0.4, -0.2) is 41.7 Å². The largest absolute Gasteiger partial charge is 0.443 e. The Morgan fingerprint density at radius 3 is 2.78 bits per heavy atom. The van der Waals surface area contributed by atoms with E-state index in [2.05, 4.69) is 71.3 Å². The minimum atomic E-state index is -0.0223. The second-order valence-electron chi connectivity index (χ2n) is 7.99. The van der Waals surface area contributed by atoms with Crippen molar-refractivity contribution in [1.82, 2.24) is 15.2 Å². The van der Waals surface area contributed by atoms with Crippen LogP contribution < -0.4 is 5.32 Å². The number of hydrogen-bond acceptors (Lipinski definition) is 4. The maximum absolute atomic E-state index is 5.86. The first-order valence-electron chi connectivity index (χ1n) is 9.54. The van der Waals surface area contributed by atoms with Gasteiger partial charge in [0.1, 0.15) is 5.76 Å². The summed E-state index contributed by atoms with van der Waals surface area (Å²) in [6.07, 6.45) is 3.03. The molecule has 1 fully saturated rings. The number of rotatable bonds is 5. The van der Waals surface area contributed by atoms with Crippen LogP contribution in [0.15, 0.2) is 50.8 Å². The molecule has 1 aromatic carbocycles. The molecule has 1 N–H and O–H groups in total. The first-order valence-corrected chi connectivity index (χ1v) is 10.5. The number of nitrogens with zero attached hydrogens (tertiary/aromatic N) is 3. The maximum Gasteiger partial charge on any atom is 0.213 e. The van der Waals surface area contributed by atoms with Gasteiger partial charge in [-0.3, -0.25) is 4.99 Å². The molecule has 1 saturated heterocycles. The predicted molar refractivity (Wildman–Crippen MR) is 112 cm³/mol. The first kappa shape index (κ1) is 19.8. The Kier molecular flexibility index (Phi) is 6.47. The van der Waals surface area contributed by atoms with Crippen LogP contribution in [-0.2, 0) is 12.0 Å². The van der Waals surface area contributed by atoms with E-state index in [0.717, 1.165) is 30.6 Å². The van der Waals surface area contributed by atoms with Gasteiger partial charge in [0.05, 0.1) is 12.7 Å². The van der Waals surface area contributed by atoms with Gasteiger partial charge in [-0.15, -0.1) is 11.8 Å². The van der Waals surface area contributed by atoms with E-state index in [4.69, 9.17) is 4.42 Å². The van der Waals surface area contributed by atoms with Crippen molar-refractivity contribution in [2.45, 2.75) is 44.0 Å². The predicted octanol–water partition coefficient (Wildman–Crippen LogP) is 4.16. The number of aliphatic imine (C=N–C) groups is 1. The third-order valence-corrected chi connectivity index (χ3v) is 5.96. The van der Waals surface area contributed by atoms with Crippen LogP contribution in [0.1, 0.15) is 38.8 Å². The Morgan fingerprint density at radius 1 is 1.33 bits per heavy atom. The quantitative estimate of drug-likeness (QED) is 0.475. The summed E-state index contributed by atoms with van der Waals surface area (Å²) in [7, 11) is 1.84. The van der Waals surface area contributed by atoms with Crippen molar-refractivity contribution in [2.75, 3.05) is 25.9 Å². The molecule has 27 heavy (non-hydrogen) atoms. The summed E-state index contributed by atoms with van der Waals surface area (Å²) >= 11 is 1.94. The topological polar surface area (TPSA) is 53.7 Å². The van der Waals surface area contributed by atoms with Gasteiger partial charge in [-0.05, 0) is 24.5 Å². The van der Waals surface area contributed by atoms with Crippen molar-refractivity contribution < 1.29 is 4.42 Å². The van der Waals surface area contributed by atoms with E-state index >= 15 is 0 Å². The lowest BCUT2D eigenvalue weighted by Gasteiger charge is -2.21. The lowest BCUT2D eigenvalue weighted by molar-refractivity contribution is 0.376. The van der Waals surface area contributed by atoms with Crippen molar-refractivity contribution in [3.05, 3.63) is 48.2 Å². The molecular weight excluding hydrogens is 356 g/mol. The number of guanidine groups is 1. The van der Waals surface area contributed by atoms with Crippen LogP contribution in [0.3, 0.4) is 0 Å². The minimum Gasteiger partial charge on any atom is -0.443 e. The molecule has 0 radical (unpaired) electrons. The molecular formula is C21H30N4OS. The van der Waals surface area contributed by atoms with Crippen LogP contribution in [0, 0.1) is 5.92 Å². The van der Waals surface area contributed by atoms with Gasteiger partial charge in [-0.25, -0.2) is 4.98 Å². The molecule has 1 aliphatic heterocycles. The molecule has 0 bridgehead atoms. The molecule has 2 aromatic rings. The Bertz CT molecular complexity index is 751. The summed E-state index contributed by atoms with van der Waals surface area (Å²) in [5.41, 5.74) is -0.0223. The van der Waals surface area contributed by atoms with E-state index in [1.807, 2.05) is 25.0 Å². The van der Waals surface area contributed by atoms with Crippen LogP contribution in [0.2, 0.25) is 0 Å². The standard InChI is InChI=1S/C21H30N4OS/c1-21(2,3)18-12-23-19(26-18)13-24-20(22-4)25-11-10-16(14-25)15-27-17-8-6-5-7-9-17/h5-9,12,16H,10-11,13-15H2,1-4H3,(H,22,24). The van der Waals surface area contributed by atoms with Gasteiger partial charge in [0.15, 0.2) is 5.96 Å². The zero-order valence-electron chi connectivity index (χ0n) is 16.7. The third kappa shape index (κ3) is 5.51. The third-order valence-electron chi connectivity index (χ3n) is 4.72. The van der Waals surface area contributed by atoms with Crippen molar-refractivity contribution in [2.24, 2.45) is 10.9 Å². The molecule has 0 amide bonds. The second-order valence-corrected chi connectivity index (χ2v) is 9.09. The highest BCUT2D eigenvalue weighted by Crippen LogP contribution is 2.26. The molecule has 1 aromatic heterocycles.